The Morgan fingerprint density at radius 3 is 1.41 bits per heavy atom. The molecule has 16 aromatic rings. The molecule has 0 saturated heterocycles. The summed E-state index contributed by atoms with van der Waals surface area (Å²) in [5, 5.41) is 7.34. The van der Waals surface area contributed by atoms with Crippen LogP contribution in [0.4, 0.5) is 22.7 Å². The molecule has 6 heteroatoms. The van der Waals surface area contributed by atoms with E-state index in [1.165, 1.54) is 127 Å². The zero-order chi connectivity index (χ0) is 66.3. The third kappa shape index (κ3) is 8.16. The van der Waals surface area contributed by atoms with E-state index in [-0.39, 0.29) is 29.3 Å². The van der Waals surface area contributed by atoms with Crippen molar-refractivity contribution >= 4 is 77.1 Å². The van der Waals surface area contributed by atoms with Crippen LogP contribution in [0.1, 0.15) is 47.9 Å². The lowest BCUT2D eigenvalue weighted by Crippen LogP contribution is -2.28. The smallest absolute Gasteiger partial charge is 0.160 e. The van der Waals surface area contributed by atoms with Gasteiger partial charge in [0.2, 0.25) is 0 Å². The average molecular weight is 1290 g/mol. The quantitative estimate of drug-likeness (QED) is 0.152. The van der Waals surface area contributed by atoms with Gasteiger partial charge in [0.1, 0.15) is 0 Å². The Morgan fingerprint density at radius 1 is 0.317 bits per heavy atom. The number of hydrogen-bond donors (Lipinski definition) is 0. The molecule has 4 aliphatic carbocycles. The Labute approximate surface area is 585 Å². The Morgan fingerprint density at radius 2 is 0.792 bits per heavy atom. The minimum Gasteiger partial charge on any atom is -0.333 e. The lowest BCUT2D eigenvalue weighted by atomic mass is 9.81. The van der Waals surface area contributed by atoms with Gasteiger partial charge in [-0.25, -0.2) is 9.97 Å². The molecule has 6 aliphatic rings. The topological polar surface area (TPSA) is 42.1 Å². The largest absolute Gasteiger partial charge is 0.333 e. The second-order valence-corrected chi connectivity index (χ2v) is 28.7. The number of nitrogens with zero attached hydrogens (tertiary/aromatic N) is 6. The molecule has 4 unspecified atom stereocenters. The van der Waals surface area contributed by atoms with Crippen molar-refractivity contribution in [1.29, 1.82) is 0 Å². The molecular formula is C95H64N6. The summed E-state index contributed by atoms with van der Waals surface area (Å²) in [6, 6.07) is 105. The van der Waals surface area contributed by atoms with Gasteiger partial charge in [0.15, 0.2) is 5.82 Å². The van der Waals surface area contributed by atoms with Crippen molar-refractivity contribution < 1.29 is 0 Å². The van der Waals surface area contributed by atoms with Crippen molar-refractivity contribution in [3.8, 4) is 89.8 Å². The summed E-state index contributed by atoms with van der Waals surface area (Å²) in [6.45, 7) is 4.78. The highest BCUT2D eigenvalue weighted by Crippen LogP contribution is 2.56. The van der Waals surface area contributed by atoms with Crippen molar-refractivity contribution in [2.45, 2.75) is 43.2 Å². The minimum absolute atomic E-state index is 0.234. The SMILES string of the molecule is CC1(C)c2cc(-c3nc(-c4cccc(-n5c6ccccc6c6cc(-c7ccc8c(c7)C7C=CC=CC7N8c7ccccc7)ccc65)c4)c4c(n3)-c3cccc5cccc-4c35)ccc2-c2ccc(-n3c4ccccc4c4cc(-c5ccc6c(c5)C5C=CC=CC5N6c5ccccc5)ccc43)cc21. The molecule has 0 N–H and O–H groups in total. The van der Waals surface area contributed by atoms with Gasteiger partial charge in [-0.1, -0.05) is 226 Å². The molecule has 3 aromatic heterocycles. The number of benzene rings is 13. The van der Waals surface area contributed by atoms with Crippen LogP contribution in [0, 0.1) is 0 Å². The first-order valence-electron chi connectivity index (χ1n) is 35.4. The number of rotatable bonds is 8. The van der Waals surface area contributed by atoms with E-state index in [1.54, 1.807) is 0 Å². The Kier molecular flexibility index (Phi) is 11.8. The number of aromatic nitrogens is 4. The normalized spacial score (nSPS) is 17.5. The van der Waals surface area contributed by atoms with Crippen molar-refractivity contribution in [1.82, 2.24) is 19.1 Å². The number of fused-ring (bicyclic) bond motifs is 18. The number of hydrogen-bond acceptors (Lipinski definition) is 4. The first kappa shape index (κ1) is 56.4. The summed E-state index contributed by atoms with van der Waals surface area (Å²) >= 11 is 0. The first-order chi connectivity index (χ1) is 49.8. The maximum atomic E-state index is 5.78. The predicted octanol–water partition coefficient (Wildman–Crippen LogP) is 23.9. The predicted molar refractivity (Wildman–Crippen MR) is 419 cm³/mol. The fourth-order valence-electron chi connectivity index (χ4n) is 18.5. The molecule has 0 amide bonds. The van der Waals surface area contributed by atoms with E-state index in [0.29, 0.717) is 5.82 Å². The second kappa shape index (κ2) is 21.2. The van der Waals surface area contributed by atoms with Crippen LogP contribution in [-0.2, 0) is 5.41 Å². The Hall–Kier alpha value is -12.6. The molecule has 0 radical (unpaired) electrons. The Bertz CT molecular complexity index is 6410. The molecule has 0 fully saturated rings. The van der Waals surface area contributed by atoms with Crippen LogP contribution < -0.4 is 9.80 Å². The van der Waals surface area contributed by atoms with Crippen molar-refractivity contribution in [2.24, 2.45) is 0 Å². The van der Waals surface area contributed by atoms with Crippen LogP contribution in [0.2, 0.25) is 0 Å². The lowest BCUT2D eigenvalue weighted by molar-refractivity contribution is 0.660. The number of anilines is 4. The lowest BCUT2D eigenvalue weighted by Gasteiger charge is -2.28. The number of allylic oxidation sites excluding steroid dienone is 4. The monoisotopic (exact) mass is 1290 g/mol. The second-order valence-electron chi connectivity index (χ2n) is 28.7. The van der Waals surface area contributed by atoms with Crippen LogP contribution in [0.25, 0.3) is 144 Å². The van der Waals surface area contributed by atoms with E-state index in [4.69, 9.17) is 9.97 Å². The van der Waals surface area contributed by atoms with E-state index in [0.717, 1.165) is 56.0 Å². The molecular weight excluding hydrogens is 1230 g/mol. The molecule has 22 rings (SSSR count). The van der Waals surface area contributed by atoms with Crippen LogP contribution in [-0.4, -0.2) is 31.2 Å². The summed E-state index contributed by atoms with van der Waals surface area (Å²) in [7, 11) is 0. The molecule has 5 heterocycles. The van der Waals surface area contributed by atoms with E-state index in [9.17, 15) is 0 Å². The fraction of sp³-hybridized carbons (Fsp3) is 0.0737. The van der Waals surface area contributed by atoms with Crippen molar-refractivity contribution in [3.05, 3.63) is 350 Å². The molecule has 2 aliphatic heterocycles. The van der Waals surface area contributed by atoms with Gasteiger partial charge in [0.25, 0.3) is 0 Å². The van der Waals surface area contributed by atoms with Crippen LogP contribution >= 0.6 is 0 Å². The van der Waals surface area contributed by atoms with Gasteiger partial charge >= 0.3 is 0 Å². The molecule has 4 atom stereocenters. The molecule has 0 saturated carbocycles. The highest BCUT2D eigenvalue weighted by molar-refractivity contribution is 6.17. The van der Waals surface area contributed by atoms with Crippen molar-refractivity contribution in [3.63, 3.8) is 0 Å². The summed E-state index contributed by atoms with van der Waals surface area (Å²) in [4.78, 5) is 16.4. The third-order valence-electron chi connectivity index (χ3n) is 23.1. The Balaban J connectivity index is 0.624. The van der Waals surface area contributed by atoms with Gasteiger partial charge in [0.05, 0.1) is 45.5 Å². The zero-order valence-electron chi connectivity index (χ0n) is 55.7. The van der Waals surface area contributed by atoms with Gasteiger partial charge in [-0.3, -0.25) is 0 Å². The van der Waals surface area contributed by atoms with Gasteiger partial charge in [0, 0.05) is 95.2 Å². The van der Waals surface area contributed by atoms with Crippen LogP contribution in [0.15, 0.2) is 328 Å². The molecule has 13 aromatic carbocycles. The van der Waals surface area contributed by atoms with E-state index in [2.05, 4.69) is 360 Å². The molecule has 0 spiro atoms. The summed E-state index contributed by atoms with van der Waals surface area (Å²) < 4.78 is 4.92. The highest BCUT2D eigenvalue weighted by Gasteiger charge is 2.41. The van der Waals surface area contributed by atoms with E-state index >= 15 is 0 Å². The standard InChI is InChI=1S/C95H64N6/c1-95(2)80-55-63(38-44-68(80)69-45-43-67(56-81(69)95)101-85-37-16-12-31-73(85)79-54-61(42-49-89(79)101)59-40-47-87-77(52-59)71-29-10-14-35-83(71)99(87)65-25-7-4-8-26-65)94-96-92(91-74-32-18-20-57-21-19-33-75(90(57)74)93(91)97-94)62-22-17-27-66(50-62)100-84-36-15-11-30-72(84)78-53-60(41-48-88(78)100)58-39-46-86-76(51-58)70-28-9-13-34-82(70)98(86)64-23-5-3-6-24-64/h3-56,70-71,82-83H,1-2H3. The fourth-order valence-corrected chi connectivity index (χ4v) is 18.5. The molecule has 6 nitrogen and oxygen atoms in total. The van der Waals surface area contributed by atoms with Gasteiger partial charge in [-0.15, -0.1) is 0 Å². The summed E-state index contributed by atoms with van der Waals surface area (Å²) in [5.74, 6) is 1.26. The third-order valence-corrected chi connectivity index (χ3v) is 23.1. The maximum absolute atomic E-state index is 5.78. The zero-order valence-corrected chi connectivity index (χ0v) is 55.7. The molecule has 474 valence electrons. The van der Waals surface area contributed by atoms with Crippen LogP contribution in [0.5, 0.6) is 0 Å². The maximum Gasteiger partial charge on any atom is 0.160 e. The van der Waals surface area contributed by atoms with Gasteiger partial charge in [-0.2, -0.15) is 0 Å². The summed E-state index contributed by atoms with van der Waals surface area (Å²) in [5.41, 5.74) is 31.6. The highest BCUT2D eigenvalue weighted by atomic mass is 15.2. The number of para-hydroxylation sites is 4. The van der Waals surface area contributed by atoms with Gasteiger partial charge < -0.3 is 18.9 Å². The van der Waals surface area contributed by atoms with Crippen LogP contribution in [0.3, 0.4) is 0 Å². The first-order valence-corrected chi connectivity index (χ1v) is 35.4. The van der Waals surface area contributed by atoms with E-state index < -0.39 is 0 Å². The van der Waals surface area contributed by atoms with E-state index in [1.807, 2.05) is 0 Å². The van der Waals surface area contributed by atoms with Gasteiger partial charge in [-0.05, 0) is 187 Å². The summed E-state index contributed by atoms with van der Waals surface area (Å²) in [6.07, 6.45) is 18.3. The van der Waals surface area contributed by atoms with Crippen molar-refractivity contribution in [2.75, 3.05) is 9.80 Å². The molecule has 101 heavy (non-hydrogen) atoms. The average Bonchev–Trinajstić information content (AvgIpc) is 1.58. The molecule has 0 bridgehead atoms. The minimum atomic E-state index is -0.340.